The predicted octanol–water partition coefficient (Wildman–Crippen LogP) is 0.869. The molecule has 2 fully saturated rings. The minimum absolute atomic E-state index is 0.187. The third kappa shape index (κ3) is 2.23. The molecular formula is C13H23N5O. The number of aromatic nitrogens is 3. The Balaban J connectivity index is 1.78. The summed E-state index contributed by atoms with van der Waals surface area (Å²) in [4.78, 5) is 6.82. The first-order chi connectivity index (χ1) is 9.06. The van der Waals surface area contributed by atoms with Crippen LogP contribution in [-0.4, -0.2) is 46.5 Å². The van der Waals surface area contributed by atoms with Gasteiger partial charge in [-0.05, 0) is 26.2 Å². The van der Waals surface area contributed by atoms with Gasteiger partial charge in [0.2, 0.25) is 5.95 Å². The molecule has 2 aliphatic heterocycles. The fraction of sp³-hybridized carbons (Fsp3) is 0.846. The van der Waals surface area contributed by atoms with Crippen LogP contribution in [-0.2, 0) is 4.74 Å². The number of aromatic amines is 1. The number of H-pyrrole nitrogens is 1. The topological polar surface area (TPSA) is 80.1 Å². The maximum atomic E-state index is 5.93. The number of anilines is 1. The van der Waals surface area contributed by atoms with Gasteiger partial charge >= 0.3 is 0 Å². The summed E-state index contributed by atoms with van der Waals surface area (Å²) in [5.41, 5.74) is 5.93. The molecule has 19 heavy (non-hydrogen) atoms. The smallest absolute Gasteiger partial charge is 0.244 e. The molecule has 1 aromatic heterocycles. The largest absolute Gasteiger partial charge is 0.374 e. The van der Waals surface area contributed by atoms with Crippen molar-refractivity contribution in [2.45, 2.75) is 51.4 Å². The Hall–Kier alpha value is -1.14. The van der Waals surface area contributed by atoms with Crippen LogP contribution in [0.25, 0.3) is 0 Å². The molecule has 0 spiro atoms. The summed E-state index contributed by atoms with van der Waals surface area (Å²) < 4.78 is 5.87. The van der Waals surface area contributed by atoms with Gasteiger partial charge < -0.3 is 15.4 Å². The second-order valence-electron chi connectivity index (χ2n) is 5.95. The molecule has 0 saturated carbocycles. The quantitative estimate of drug-likeness (QED) is 0.829. The van der Waals surface area contributed by atoms with Gasteiger partial charge in [-0.1, -0.05) is 6.92 Å². The van der Waals surface area contributed by atoms with Crippen LogP contribution < -0.4 is 10.6 Å². The molecule has 6 heteroatoms. The van der Waals surface area contributed by atoms with Gasteiger partial charge in [-0.2, -0.15) is 4.98 Å². The van der Waals surface area contributed by atoms with Crippen LogP contribution in [0.1, 0.15) is 38.9 Å². The molecule has 3 rings (SSSR count). The monoisotopic (exact) mass is 265 g/mol. The van der Waals surface area contributed by atoms with E-state index in [1.807, 2.05) is 0 Å². The zero-order valence-electron chi connectivity index (χ0n) is 11.8. The zero-order chi connectivity index (χ0) is 13.6. The number of hydrogen-bond donors (Lipinski definition) is 2. The molecule has 5 unspecified atom stereocenters. The Morgan fingerprint density at radius 3 is 2.68 bits per heavy atom. The van der Waals surface area contributed by atoms with E-state index in [9.17, 15) is 0 Å². The van der Waals surface area contributed by atoms with Gasteiger partial charge in [-0.15, -0.1) is 5.10 Å². The summed E-state index contributed by atoms with van der Waals surface area (Å²) >= 11 is 0. The molecule has 0 radical (unpaired) electrons. The van der Waals surface area contributed by atoms with Crippen molar-refractivity contribution >= 4 is 5.95 Å². The zero-order valence-corrected chi connectivity index (χ0v) is 11.8. The summed E-state index contributed by atoms with van der Waals surface area (Å²) in [6.45, 7) is 8.24. The second kappa shape index (κ2) is 4.76. The van der Waals surface area contributed by atoms with Gasteiger partial charge in [-0.25, -0.2) is 0 Å². The minimum Gasteiger partial charge on any atom is -0.374 e. The van der Waals surface area contributed by atoms with E-state index in [0.717, 1.165) is 31.3 Å². The molecule has 2 aliphatic rings. The molecular weight excluding hydrogens is 242 g/mol. The first-order valence-electron chi connectivity index (χ1n) is 7.14. The molecule has 0 bridgehead atoms. The number of hydrogen-bond acceptors (Lipinski definition) is 5. The Morgan fingerprint density at radius 2 is 2.11 bits per heavy atom. The lowest BCUT2D eigenvalue weighted by Gasteiger charge is -2.15. The third-order valence-electron chi connectivity index (χ3n) is 4.56. The average Bonchev–Trinajstić information content (AvgIpc) is 3.02. The molecule has 2 saturated heterocycles. The number of ether oxygens (including phenoxy) is 1. The van der Waals surface area contributed by atoms with Crippen molar-refractivity contribution in [1.82, 2.24) is 15.2 Å². The van der Waals surface area contributed by atoms with Crippen molar-refractivity contribution < 1.29 is 4.74 Å². The molecule has 106 valence electrons. The van der Waals surface area contributed by atoms with E-state index in [1.54, 1.807) is 0 Å². The van der Waals surface area contributed by atoms with E-state index in [1.165, 1.54) is 0 Å². The van der Waals surface area contributed by atoms with E-state index in [4.69, 9.17) is 10.5 Å². The van der Waals surface area contributed by atoms with Crippen molar-refractivity contribution in [2.75, 3.05) is 18.0 Å². The van der Waals surface area contributed by atoms with Crippen LogP contribution in [0.4, 0.5) is 5.95 Å². The van der Waals surface area contributed by atoms with Gasteiger partial charge in [0, 0.05) is 25.0 Å². The molecule has 6 nitrogen and oxygen atoms in total. The minimum atomic E-state index is 0.187. The van der Waals surface area contributed by atoms with Crippen LogP contribution in [0, 0.1) is 5.92 Å². The van der Waals surface area contributed by atoms with E-state index in [-0.39, 0.29) is 18.2 Å². The van der Waals surface area contributed by atoms with E-state index >= 15 is 0 Å². The second-order valence-corrected chi connectivity index (χ2v) is 5.95. The maximum Gasteiger partial charge on any atom is 0.244 e. The van der Waals surface area contributed by atoms with Crippen molar-refractivity contribution in [3.8, 4) is 0 Å². The van der Waals surface area contributed by atoms with E-state index < -0.39 is 0 Å². The van der Waals surface area contributed by atoms with Crippen molar-refractivity contribution in [2.24, 2.45) is 11.7 Å². The highest BCUT2D eigenvalue weighted by Gasteiger charge is 2.40. The highest BCUT2D eigenvalue weighted by Crippen LogP contribution is 2.38. The summed E-state index contributed by atoms with van der Waals surface area (Å²) in [7, 11) is 0. The van der Waals surface area contributed by atoms with Crippen molar-refractivity contribution in [1.29, 1.82) is 0 Å². The summed E-state index contributed by atoms with van der Waals surface area (Å²) in [6.07, 6.45) is 1.47. The number of nitrogens with one attached hydrogen (secondary N) is 1. The van der Waals surface area contributed by atoms with Crippen LogP contribution in [0.3, 0.4) is 0 Å². The summed E-state index contributed by atoms with van der Waals surface area (Å²) in [5, 5.41) is 7.45. The maximum absolute atomic E-state index is 5.93. The highest BCUT2D eigenvalue weighted by atomic mass is 16.5. The Kier molecular flexibility index (Phi) is 3.22. The normalized spacial score (nSPS) is 39.2. The number of nitrogens with zero attached hydrogens (tertiary/aromatic N) is 3. The van der Waals surface area contributed by atoms with Gasteiger partial charge in [0.05, 0.1) is 12.2 Å². The van der Waals surface area contributed by atoms with Crippen LogP contribution in [0.2, 0.25) is 0 Å². The van der Waals surface area contributed by atoms with Crippen LogP contribution in [0.5, 0.6) is 0 Å². The molecule has 1 aromatic rings. The van der Waals surface area contributed by atoms with Crippen LogP contribution >= 0.6 is 0 Å². The highest BCUT2D eigenvalue weighted by molar-refractivity contribution is 5.32. The lowest BCUT2D eigenvalue weighted by molar-refractivity contribution is 0.0553. The average molecular weight is 265 g/mol. The third-order valence-corrected chi connectivity index (χ3v) is 4.56. The first-order valence-corrected chi connectivity index (χ1v) is 7.14. The standard InChI is InChI=1S/C13H23N5O/c1-7-8(2)19-9(3)11(7)12-15-13(17-16-12)18-5-4-10(14)6-18/h7-11H,4-6,14H2,1-3H3,(H,15,16,17). The molecule has 0 amide bonds. The number of rotatable bonds is 2. The molecule has 3 N–H and O–H groups in total. The molecule has 3 heterocycles. The van der Waals surface area contributed by atoms with Crippen molar-refractivity contribution in [3.05, 3.63) is 5.82 Å². The van der Waals surface area contributed by atoms with Crippen LogP contribution in [0.15, 0.2) is 0 Å². The van der Waals surface area contributed by atoms with Gasteiger partial charge in [0.1, 0.15) is 5.82 Å². The molecule has 0 aromatic carbocycles. The lowest BCUT2D eigenvalue weighted by Crippen LogP contribution is -2.27. The first kappa shape index (κ1) is 12.9. The Bertz CT molecular complexity index is 448. The molecule has 0 aliphatic carbocycles. The number of nitrogens with two attached hydrogens (primary N) is 1. The Morgan fingerprint density at radius 1 is 1.32 bits per heavy atom. The summed E-state index contributed by atoms with van der Waals surface area (Å²) in [5.74, 6) is 2.48. The fourth-order valence-electron chi connectivity index (χ4n) is 3.26. The SMILES string of the molecule is CC1OC(C)C(c2nc(N3CCC(N)C3)n[nH]2)C1C. The Labute approximate surface area is 113 Å². The van der Waals surface area contributed by atoms with Gasteiger partial charge in [0.25, 0.3) is 0 Å². The summed E-state index contributed by atoms with van der Waals surface area (Å²) in [6, 6.07) is 0.245. The van der Waals surface area contributed by atoms with Gasteiger partial charge in [-0.3, -0.25) is 5.10 Å². The fourth-order valence-corrected chi connectivity index (χ4v) is 3.26. The molecule has 5 atom stereocenters. The predicted molar refractivity (Wildman–Crippen MR) is 73.1 cm³/mol. The van der Waals surface area contributed by atoms with E-state index in [2.05, 4.69) is 40.9 Å². The van der Waals surface area contributed by atoms with Crippen molar-refractivity contribution in [3.63, 3.8) is 0 Å². The van der Waals surface area contributed by atoms with Gasteiger partial charge in [0.15, 0.2) is 0 Å². The van der Waals surface area contributed by atoms with E-state index in [0.29, 0.717) is 11.8 Å². The lowest BCUT2D eigenvalue weighted by atomic mass is 9.89.